The van der Waals surface area contributed by atoms with E-state index in [1.165, 1.54) is 6.34 Å². The van der Waals surface area contributed by atoms with Gasteiger partial charge in [0.1, 0.15) is 11.5 Å². The van der Waals surface area contributed by atoms with E-state index in [9.17, 15) is 0 Å². The van der Waals surface area contributed by atoms with Crippen LogP contribution < -0.4 is 5.48 Å². The summed E-state index contributed by atoms with van der Waals surface area (Å²) in [5.41, 5.74) is 2.92. The molecule has 2 N–H and O–H groups in total. The minimum Gasteiger partial charge on any atom is -0.290 e. The number of halogens is 2. The molecule has 1 aromatic heterocycles. The maximum atomic E-state index is 8.43. The van der Waals surface area contributed by atoms with Crippen molar-refractivity contribution in [2.75, 3.05) is 0 Å². The van der Waals surface area contributed by atoms with Gasteiger partial charge in [-0.05, 0) is 40.8 Å². The molecule has 1 aliphatic carbocycles. The van der Waals surface area contributed by atoms with Gasteiger partial charge in [0.15, 0.2) is 5.82 Å². The number of pyridine rings is 1. The summed E-state index contributed by atoms with van der Waals surface area (Å²) in [5, 5.41) is 8.81. The summed E-state index contributed by atoms with van der Waals surface area (Å²) < 4.78 is 0.780. The molecule has 80 valence electrons. The van der Waals surface area contributed by atoms with E-state index in [1.54, 1.807) is 0 Å². The smallest absolute Gasteiger partial charge is 0.158 e. The molecule has 2 rings (SSSR count). The Labute approximate surface area is 100 Å². The van der Waals surface area contributed by atoms with Crippen molar-refractivity contribution < 1.29 is 5.21 Å². The van der Waals surface area contributed by atoms with E-state index >= 15 is 0 Å². The average Bonchev–Trinajstić information content (AvgIpc) is 3.03. The van der Waals surface area contributed by atoms with Gasteiger partial charge in [0, 0.05) is 5.56 Å². The topological polar surface area (TPSA) is 57.5 Å². The van der Waals surface area contributed by atoms with Crippen LogP contribution in [0.5, 0.6) is 0 Å². The van der Waals surface area contributed by atoms with E-state index in [0.717, 1.165) is 22.9 Å². The number of aliphatic imine (C=N–C) groups is 1. The highest BCUT2D eigenvalue weighted by Crippen LogP contribution is 2.45. The second kappa shape index (κ2) is 4.47. The van der Waals surface area contributed by atoms with E-state index in [1.807, 2.05) is 11.5 Å². The molecule has 0 aromatic carbocycles. The molecular weight excluding hydrogens is 281 g/mol. The largest absolute Gasteiger partial charge is 0.290 e. The lowest BCUT2D eigenvalue weighted by Crippen LogP contribution is -2.01. The van der Waals surface area contributed by atoms with E-state index in [4.69, 9.17) is 16.8 Å². The second-order valence-corrected chi connectivity index (χ2v) is 4.55. The third-order valence-corrected chi connectivity index (χ3v) is 3.32. The lowest BCUT2D eigenvalue weighted by molar-refractivity contribution is 0.240. The molecule has 4 nitrogen and oxygen atoms in total. The standard InChI is InChI=1S/C9H9BrClN3O/c10-7-3-6(5-1-2-5)9(12-4-13-15)14-8(7)11/h3-5,15H,1-2H2,(H,12,13,14). The number of rotatable bonds is 3. The molecule has 0 unspecified atom stereocenters. The van der Waals surface area contributed by atoms with Crippen LogP contribution in [0.2, 0.25) is 5.15 Å². The Hall–Kier alpha value is -0.650. The fraction of sp³-hybridized carbons (Fsp3) is 0.333. The summed E-state index contributed by atoms with van der Waals surface area (Å²) in [4.78, 5) is 8.13. The summed E-state index contributed by atoms with van der Waals surface area (Å²) >= 11 is 9.21. The first kappa shape index (κ1) is 10.9. The molecule has 0 aliphatic heterocycles. The van der Waals surface area contributed by atoms with Crippen LogP contribution in [0.1, 0.15) is 24.3 Å². The lowest BCUT2D eigenvalue weighted by atomic mass is 10.2. The maximum Gasteiger partial charge on any atom is 0.158 e. The van der Waals surface area contributed by atoms with E-state index in [2.05, 4.69) is 25.9 Å². The molecule has 1 heterocycles. The van der Waals surface area contributed by atoms with Crippen molar-refractivity contribution in [3.8, 4) is 0 Å². The van der Waals surface area contributed by atoms with Gasteiger partial charge in [0.05, 0.1) is 4.47 Å². The molecule has 0 radical (unpaired) electrons. The first-order chi connectivity index (χ1) is 7.22. The molecular formula is C9H9BrClN3O. The van der Waals surface area contributed by atoms with Crippen molar-refractivity contribution in [2.45, 2.75) is 18.8 Å². The van der Waals surface area contributed by atoms with Gasteiger partial charge in [-0.25, -0.2) is 9.98 Å². The molecule has 1 aliphatic rings. The Kier molecular flexibility index (Phi) is 3.23. The van der Waals surface area contributed by atoms with Crippen LogP contribution in [0, 0.1) is 0 Å². The summed E-state index contributed by atoms with van der Waals surface area (Å²) in [6.07, 6.45) is 3.49. The normalized spacial score (nSPS) is 15.9. The molecule has 0 amide bonds. The quantitative estimate of drug-likeness (QED) is 0.389. The van der Waals surface area contributed by atoms with Crippen molar-refractivity contribution in [3.05, 3.63) is 21.3 Å². The monoisotopic (exact) mass is 289 g/mol. The van der Waals surface area contributed by atoms with Crippen LogP contribution in [0.4, 0.5) is 5.82 Å². The van der Waals surface area contributed by atoms with Gasteiger partial charge < -0.3 is 0 Å². The predicted octanol–water partition coefficient (Wildman–Crippen LogP) is 3.01. The molecule has 1 aromatic rings. The van der Waals surface area contributed by atoms with Gasteiger partial charge in [-0.15, -0.1) is 0 Å². The van der Waals surface area contributed by atoms with E-state index in [0.29, 0.717) is 16.9 Å². The second-order valence-electron chi connectivity index (χ2n) is 3.34. The molecule has 6 heteroatoms. The highest BCUT2D eigenvalue weighted by atomic mass is 79.9. The van der Waals surface area contributed by atoms with Crippen LogP contribution in [-0.4, -0.2) is 16.5 Å². The Bertz CT molecular complexity index is 407. The molecule has 15 heavy (non-hydrogen) atoms. The van der Waals surface area contributed by atoms with E-state index < -0.39 is 0 Å². The highest BCUT2D eigenvalue weighted by molar-refractivity contribution is 9.10. The Balaban J connectivity index is 2.40. The molecule has 1 fully saturated rings. The van der Waals surface area contributed by atoms with Gasteiger partial charge in [0.25, 0.3) is 0 Å². The fourth-order valence-corrected chi connectivity index (χ4v) is 1.83. The summed E-state index contributed by atoms with van der Waals surface area (Å²) in [6.45, 7) is 0. The first-order valence-corrected chi connectivity index (χ1v) is 5.67. The Morgan fingerprint density at radius 3 is 3.00 bits per heavy atom. The number of nitrogens with one attached hydrogen (secondary N) is 1. The van der Waals surface area contributed by atoms with E-state index in [-0.39, 0.29) is 0 Å². The molecule has 0 spiro atoms. The number of hydrogen-bond acceptors (Lipinski definition) is 3. The molecule has 0 bridgehead atoms. The Morgan fingerprint density at radius 2 is 2.40 bits per heavy atom. The van der Waals surface area contributed by atoms with Gasteiger partial charge in [-0.2, -0.15) is 0 Å². The average molecular weight is 291 g/mol. The molecule has 0 saturated heterocycles. The van der Waals surface area contributed by atoms with Gasteiger partial charge in [-0.3, -0.25) is 10.7 Å². The number of hydrogen-bond donors (Lipinski definition) is 2. The van der Waals surface area contributed by atoms with Gasteiger partial charge in [-0.1, -0.05) is 11.6 Å². The van der Waals surface area contributed by atoms with Crippen LogP contribution in [0.3, 0.4) is 0 Å². The number of nitrogens with zero attached hydrogens (tertiary/aromatic N) is 2. The zero-order valence-corrected chi connectivity index (χ0v) is 10.1. The minimum absolute atomic E-state index is 0.379. The number of aromatic nitrogens is 1. The molecule has 1 saturated carbocycles. The van der Waals surface area contributed by atoms with Crippen molar-refractivity contribution in [1.82, 2.24) is 10.5 Å². The van der Waals surface area contributed by atoms with Crippen LogP contribution in [0.25, 0.3) is 0 Å². The summed E-state index contributed by atoms with van der Waals surface area (Å²) in [5.74, 6) is 1.09. The number of hydroxylamine groups is 1. The van der Waals surface area contributed by atoms with Crippen molar-refractivity contribution in [3.63, 3.8) is 0 Å². The minimum atomic E-state index is 0.379. The summed E-state index contributed by atoms with van der Waals surface area (Å²) in [7, 11) is 0. The maximum absolute atomic E-state index is 8.43. The predicted molar refractivity (Wildman–Crippen MR) is 62.0 cm³/mol. The zero-order chi connectivity index (χ0) is 10.8. The summed E-state index contributed by atoms with van der Waals surface area (Å²) in [6, 6.07) is 1.94. The Morgan fingerprint density at radius 1 is 1.67 bits per heavy atom. The van der Waals surface area contributed by atoms with Crippen LogP contribution in [-0.2, 0) is 0 Å². The highest BCUT2D eigenvalue weighted by Gasteiger charge is 2.27. The molecule has 0 atom stereocenters. The zero-order valence-electron chi connectivity index (χ0n) is 7.74. The van der Waals surface area contributed by atoms with Gasteiger partial charge in [0.2, 0.25) is 0 Å². The van der Waals surface area contributed by atoms with Gasteiger partial charge >= 0.3 is 0 Å². The fourth-order valence-electron chi connectivity index (χ4n) is 1.36. The van der Waals surface area contributed by atoms with Crippen molar-refractivity contribution in [1.29, 1.82) is 0 Å². The van der Waals surface area contributed by atoms with Crippen LogP contribution in [0.15, 0.2) is 15.5 Å². The van der Waals surface area contributed by atoms with Crippen molar-refractivity contribution >= 4 is 39.7 Å². The third-order valence-electron chi connectivity index (χ3n) is 2.20. The third kappa shape index (κ3) is 2.48. The van der Waals surface area contributed by atoms with Crippen molar-refractivity contribution in [2.24, 2.45) is 4.99 Å². The lowest BCUT2D eigenvalue weighted by Gasteiger charge is -2.05. The SMILES string of the molecule is ONC=Nc1nc(Cl)c(Br)cc1C1CC1. The van der Waals surface area contributed by atoms with Crippen LogP contribution >= 0.6 is 27.5 Å². The first-order valence-electron chi connectivity index (χ1n) is 4.50.